The first-order chi connectivity index (χ1) is 12.1. The van der Waals surface area contributed by atoms with Crippen LogP contribution >= 0.6 is 0 Å². The molecule has 2 atom stereocenters. The first-order valence-electron chi connectivity index (χ1n) is 8.96. The van der Waals surface area contributed by atoms with Crippen molar-refractivity contribution in [3.63, 3.8) is 0 Å². The first-order valence-corrected chi connectivity index (χ1v) is 8.96. The Labute approximate surface area is 147 Å². The molecule has 1 aromatic rings. The molecule has 0 aliphatic carbocycles. The van der Waals surface area contributed by atoms with Crippen LogP contribution < -0.4 is 0 Å². The number of carbonyl (C=O) groups excluding carboxylic acids is 1. The van der Waals surface area contributed by atoms with Gasteiger partial charge in [-0.3, -0.25) is 14.5 Å². The van der Waals surface area contributed by atoms with Gasteiger partial charge in [-0.1, -0.05) is 24.3 Å². The van der Waals surface area contributed by atoms with Gasteiger partial charge in [-0.25, -0.2) is 0 Å². The van der Waals surface area contributed by atoms with Gasteiger partial charge in [0.05, 0.1) is 25.2 Å². The van der Waals surface area contributed by atoms with Gasteiger partial charge in [0.2, 0.25) is 5.91 Å². The molecule has 1 aromatic carbocycles. The van der Waals surface area contributed by atoms with Crippen LogP contribution in [-0.2, 0) is 27.3 Å². The zero-order chi connectivity index (χ0) is 17.4. The Morgan fingerprint density at radius 1 is 1.28 bits per heavy atom. The number of hydrogen-bond donors (Lipinski definition) is 1. The van der Waals surface area contributed by atoms with Gasteiger partial charge in [0.1, 0.15) is 0 Å². The van der Waals surface area contributed by atoms with Crippen LogP contribution in [0.3, 0.4) is 0 Å². The topological polar surface area (TPSA) is 70.1 Å². The van der Waals surface area contributed by atoms with E-state index in [4.69, 9.17) is 9.84 Å². The van der Waals surface area contributed by atoms with Crippen molar-refractivity contribution >= 4 is 11.9 Å². The lowest BCUT2D eigenvalue weighted by Crippen LogP contribution is -2.48. The molecular weight excluding hydrogens is 320 g/mol. The largest absolute Gasteiger partial charge is 0.480 e. The Bertz CT molecular complexity index is 692. The zero-order valence-electron chi connectivity index (χ0n) is 14.3. The van der Waals surface area contributed by atoms with Gasteiger partial charge < -0.3 is 14.7 Å². The second-order valence-electron chi connectivity index (χ2n) is 7.53. The number of aryl methyl sites for hydroxylation is 1. The van der Waals surface area contributed by atoms with Crippen LogP contribution in [0.2, 0.25) is 0 Å². The fraction of sp³-hybridized carbons (Fsp3) is 0.579. The Hall–Kier alpha value is -1.92. The van der Waals surface area contributed by atoms with Gasteiger partial charge in [-0.05, 0) is 24.0 Å². The summed E-state index contributed by atoms with van der Waals surface area (Å²) >= 11 is 0. The number of carbonyl (C=O) groups is 2. The van der Waals surface area contributed by atoms with Crippen molar-refractivity contribution in [2.24, 2.45) is 11.3 Å². The Morgan fingerprint density at radius 2 is 2.08 bits per heavy atom. The van der Waals surface area contributed by atoms with Crippen LogP contribution in [0.4, 0.5) is 0 Å². The van der Waals surface area contributed by atoms with Gasteiger partial charge in [0.25, 0.3) is 0 Å². The third kappa shape index (κ3) is 2.93. The lowest BCUT2D eigenvalue weighted by Gasteiger charge is -2.33. The average molecular weight is 344 g/mol. The second kappa shape index (κ2) is 6.42. The fourth-order valence-electron chi connectivity index (χ4n) is 4.64. The smallest absolute Gasteiger partial charge is 0.317 e. The van der Waals surface area contributed by atoms with Gasteiger partial charge in [0.15, 0.2) is 0 Å². The van der Waals surface area contributed by atoms with E-state index in [-0.39, 0.29) is 18.4 Å². The minimum absolute atomic E-state index is 0.00559. The average Bonchev–Trinajstić information content (AvgIpc) is 3.03. The van der Waals surface area contributed by atoms with Crippen LogP contribution in [-0.4, -0.2) is 66.2 Å². The normalized spacial score (nSPS) is 29.1. The molecule has 0 aromatic heterocycles. The summed E-state index contributed by atoms with van der Waals surface area (Å²) in [5.41, 5.74) is 1.98. The molecule has 0 bridgehead atoms. The fourth-order valence-corrected chi connectivity index (χ4v) is 4.64. The van der Waals surface area contributed by atoms with Gasteiger partial charge >= 0.3 is 5.97 Å². The minimum Gasteiger partial charge on any atom is -0.480 e. The van der Waals surface area contributed by atoms with E-state index in [0.717, 1.165) is 19.4 Å². The van der Waals surface area contributed by atoms with Crippen molar-refractivity contribution in [1.29, 1.82) is 0 Å². The third-order valence-electron chi connectivity index (χ3n) is 5.87. The number of likely N-dealkylation sites (tertiary alicyclic amines) is 1. The maximum absolute atomic E-state index is 13.5. The maximum atomic E-state index is 13.5. The lowest BCUT2D eigenvalue weighted by atomic mass is 9.79. The summed E-state index contributed by atoms with van der Waals surface area (Å²) in [5, 5.41) is 9.09. The molecule has 2 fully saturated rings. The highest BCUT2D eigenvalue weighted by atomic mass is 16.5. The van der Waals surface area contributed by atoms with Crippen molar-refractivity contribution in [1.82, 2.24) is 9.80 Å². The van der Waals surface area contributed by atoms with Crippen LogP contribution in [0.25, 0.3) is 0 Å². The van der Waals surface area contributed by atoms with E-state index in [1.165, 1.54) is 11.1 Å². The molecule has 25 heavy (non-hydrogen) atoms. The lowest BCUT2D eigenvalue weighted by molar-refractivity contribution is -0.144. The van der Waals surface area contributed by atoms with Crippen LogP contribution in [0.5, 0.6) is 0 Å². The van der Waals surface area contributed by atoms with Crippen molar-refractivity contribution in [3.8, 4) is 0 Å². The monoisotopic (exact) mass is 344 g/mol. The molecule has 134 valence electrons. The third-order valence-corrected chi connectivity index (χ3v) is 5.87. The van der Waals surface area contributed by atoms with Crippen LogP contribution in [0.1, 0.15) is 17.5 Å². The molecule has 0 unspecified atom stereocenters. The van der Waals surface area contributed by atoms with Gasteiger partial charge in [-0.15, -0.1) is 0 Å². The number of ether oxygens (including phenoxy) is 1. The number of hydrogen-bond acceptors (Lipinski definition) is 4. The number of aliphatic carboxylic acids is 1. The quantitative estimate of drug-likeness (QED) is 0.886. The summed E-state index contributed by atoms with van der Waals surface area (Å²) in [4.78, 5) is 28.4. The van der Waals surface area contributed by atoms with Crippen molar-refractivity contribution < 1.29 is 19.4 Å². The molecular formula is C19H24N2O4. The second-order valence-corrected chi connectivity index (χ2v) is 7.53. The summed E-state index contributed by atoms with van der Waals surface area (Å²) in [6.07, 6.45) is 1.96. The van der Waals surface area contributed by atoms with E-state index in [2.05, 4.69) is 18.2 Å². The molecule has 0 radical (unpaired) electrons. The van der Waals surface area contributed by atoms with Crippen LogP contribution in [0, 0.1) is 11.3 Å². The number of carboxylic acids is 1. The number of nitrogens with zero attached hydrogens (tertiary/aromatic N) is 2. The minimum atomic E-state index is -0.841. The predicted molar refractivity (Wildman–Crippen MR) is 91.0 cm³/mol. The SMILES string of the molecule is O=C(O)CN1C[C@H]2COC[C@@]2(C(=O)N2CCCc3ccccc3C2)C1. The highest BCUT2D eigenvalue weighted by molar-refractivity contribution is 5.84. The first kappa shape index (κ1) is 16.5. The standard InChI is InChI=1S/C19H24N2O4/c22-17(23)10-20-9-16-11-25-13-19(16,12-20)18(24)21-7-3-6-14-4-1-2-5-15(14)8-21/h1-2,4-5,16H,3,6-13H2,(H,22,23)/t16-,19-/m0/s1. The summed E-state index contributed by atoms with van der Waals surface area (Å²) in [6, 6.07) is 8.33. The summed E-state index contributed by atoms with van der Waals surface area (Å²) in [7, 11) is 0. The molecule has 6 heteroatoms. The van der Waals surface area contributed by atoms with Gasteiger partial charge in [0, 0.05) is 32.1 Å². The molecule has 3 aliphatic rings. The summed E-state index contributed by atoms with van der Waals surface area (Å²) in [5.74, 6) is -0.607. The molecule has 2 saturated heterocycles. The Balaban J connectivity index is 1.56. The molecule has 6 nitrogen and oxygen atoms in total. The molecule has 0 saturated carbocycles. The maximum Gasteiger partial charge on any atom is 0.317 e. The van der Waals surface area contributed by atoms with Crippen molar-refractivity contribution in [2.45, 2.75) is 19.4 Å². The van der Waals surface area contributed by atoms with Crippen LogP contribution in [0.15, 0.2) is 24.3 Å². The Kier molecular flexibility index (Phi) is 4.25. The van der Waals surface area contributed by atoms with E-state index in [9.17, 15) is 9.59 Å². The predicted octanol–water partition coefficient (Wildman–Crippen LogP) is 0.994. The number of benzene rings is 1. The van der Waals surface area contributed by atoms with Crippen molar-refractivity contribution in [3.05, 3.63) is 35.4 Å². The molecule has 4 rings (SSSR count). The number of fused-ring (bicyclic) bond motifs is 2. The number of carboxylic acid groups (broad SMARTS) is 1. The number of rotatable bonds is 3. The molecule has 3 aliphatic heterocycles. The summed E-state index contributed by atoms with van der Waals surface area (Å²) in [6.45, 7) is 3.46. The van der Waals surface area contributed by atoms with E-state index >= 15 is 0 Å². The Morgan fingerprint density at radius 3 is 2.88 bits per heavy atom. The van der Waals surface area contributed by atoms with E-state index in [1.807, 2.05) is 15.9 Å². The molecule has 1 N–H and O–H groups in total. The highest BCUT2D eigenvalue weighted by Crippen LogP contribution is 2.43. The van der Waals surface area contributed by atoms with E-state index in [1.54, 1.807) is 0 Å². The molecule has 3 heterocycles. The van der Waals surface area contributed by atoms with Crippen molar-refractivity contribution in [2.75, 3.05) is 39.4 Å². The molecule has 0 spiro atoms. The van der Waals surface area contributed by atoms with Gasteiger partial charge in [-0.2, -0.15) is 0 Å². The summed E-state index contributed by atoms with van der Waals surface area (Å²) < 4.78 is 5.66. The number of amides is 1. The van der Waals surface area contributed by atoms with E-state index < -0.39 is 11.4 Å². The highest BCUT2D eigenvalue weighted by Gasteiger charge is 2.57. The molecule has 1 amide bonds. The van der Waals surface area contributed by atoms with E-state index in [0.29, 0.717) is 32.8 Å². The zero-order valence-corrected chi connectivity index (χ0v) is 14.3.